The minimum atomic E-state index is -0.521. The molecule has 0 spiro atoms. The van der Waals surface area contributed by atoms with Gasteiger partial charge in [-0.25, -0.2) is 0 Å². The lowest BCUT2D eigenvalue weighted by atomic mass is 10.1. The molecule has 84 valence electrons. The second-order valence-electron chi connectivity index (χ2n) is 4.08. The molecule has 0 fully saturated rings. The standard InChI is InChI=1S/C12H18O3/c1-6-9(10(13)7-2)8-11(14)15-12(3,4)5/h6-7,13H,1-2,8H2,3-5H3/b10-9-. The van der Waals surface area contributed by atoms with Gasteiger partial charge < -0.3 is 9.84 Å². The first-order valence-electron chi connectivity index (χ1n) is 4.69. The van der Waals surface area contributed by atoms with Crippen LogP contribution in [0.1, 0.15) is 27.2 Å². The van der Waals surface area contributed by atoms with Crippen molar-refractivity contribution in [1.82, 2.24) is 0 Å². The first-order chi connectivity index (χ1) is 6.80. The van der Waals surface area contributed by atoms with Crippen LogP contribution in [0.3, 0.4) is 0 Å². The van der Waals surface area contributed by atoms with Gasteiger partial charge in [-0.05, 0) is 26.8 Å². The van der Waals surface area contributed by atoms with Crippen molar-refractivity contribution in [2.24, 2.45) is 0 Å². The molecule has 3 nitrogen and oxygen atoms in total. The van der Waals surface area contributed by atoms with Crippen molar-refractivity contribution < 1.29 is 14.6 Å². The van der Waals surface area contributed by atoms with E-state index in [9.17, 15) is 9.90 Å². The molecular weight excluding hydrogens is 192 g/mol. The first kappa shape index (κ1) is 13.5. The summed E-state index contributed by atoms with van der Waals surface area (Å²) < 4.78 is 5.10. The monoisotopic (exact) mass is 210 g/mol. The largest absolute Gasteiger partial charge is 0.508 e. The second-order valence-corrected chi connectivity index (χ2v) is 4.08. The smallest absolute Gasteiger partial charge is 0.310 e. The van der Waals surface area contributed by atoms with E-state index in [0.29, 0.717) is 5.57 Å². The van der Waals surface area contributed by atoms with Crippen LogP contribution < -0.4 is 0 Å². The Labute approximate surface area is 90.8 Å². The first-order valence-corrected chi connectivity index (χ1v) is 4.69. The highest BCUT2D eigenvalue weighted by Gasteiger charge is 2.17. The quantitative estimate of drug-likeness (QED) is 0.441. The van der Waals surface area contributed by atoms with Gasteiger partial charge >= 0.3 is 5.97 Å². The zero-order chi connectivity index (χ0) is 12.1. The van der Waals surface area contributed by atoms with E-state index < -0.39 is 11.6 Å². The van der Waals surface area contributed by atoms with Gasteiger partial charge in [0, 0.05) is 5.57 Å². The fourth-order valence-corrected chi connectivity index (χ4v) is 0.931. The third-order valence-electron chi connectivity index (χ3n) is 1.52. The minimum absolute atomic E-state index is 0.00137. The van der Waals surface area contributed by atoms with Gasteiger partial charge in [-0.2, -0.15) is 0 Å². The molecule has 0 unspecified atom stereocenters. The number of ether oxygens (including phenoxy) is 1. The number of rotatable bonds is 4. The summed E-state index contributed by atoms with van der Waals surface area (Å²) in [6.45, 7) is 12.3. The van der Waals surface area contributed by atoms with Gasteiger partial charge in [0.05, 0.1) is 6.42 Å². The number of aliphatic hydroxyl groups is 1. The van der Waals surface area contributed by atoms with E-state index >= 15 is 0 Å². The Morgan fingerprint density at radius 2 is 1.87 bits per heavy atom. The van der Waals surface area contributed by atoms with Gasteiger partial charge in [0.1, 0.15) is 11.4 Å². The molecule has 0 bridgehead atoms. The maximum Gasteiger partial charge on any atom is 0.310 e. The molecule has 0 aliphatic heterocycles. The van der Waals surface area contributed by atoms with E-state index in [1.165, 1.54) is 12.2 Å². The molecule has 0 radical (unpaired) electrons. The molecule has 15 heavy (non-hydrogen) atoms. The van der Waals surface area contributed by atoms with Crippen LogP contribution in [0.15, 0.2) is 36.6 Å². The zero-order valence-electron chi connectivity index (χ0n) is 9.54. The molecule has 0 aromatic rings. The van der Waals surface area contributed by atoms with E-state index in [2.05, 4.69) is 13.2 Å². The van der Waals surface area contributed by atoms with Gasteiger partial charge in [0.15, 0.2) is 0 Å². The number of esters is 1. The van der Waals surface area contributed by atoms with Gasteiger partial charge in [-0.15, -0.1) is 0 Å². The SMILES string of the molecule is C=C/C(O)=C(\C=C)CC(=O)OC(C)(C)C. The van der Waals surface area contributed by atoms with Crippen molar-refractivity contribution in [3.05, 3.63) is 36.6 Å². The van der Waals surface area contributed by atoms with Gasteiger partial charge in [-0.3, -0.25) is 4.79 Å². The predicted molar refractivity (Wildman–Crippen MR) is 60.5 cm³/mol. The van der Waals surface area contributed by atoms with E-state index in [1.807, 2.05) is 0 Å². The van der Waals surface area contributed by atoms with E-state index in [0.717, 1.165) is 0 Å². The van der Waals surface area contributed by atoms with Crippen LogP contribution in [-0.4, -0.2) is 16.7 Å². The van der Waals surface area contributed by atoms with E-state index in [1.54, 1.807) is 20.8 Å². The van der Waals surface area contributed by atoms with Crippen molar-refractivity contribution in [2.45, 2.75) is 32.8 Å². The topological polar surface area (TPSA) is 46.5 Å². The number of aliphatic hydroxyl groups excluding tert-OH is 1. The Hall–Kier alpha value is -1.51. The Balaban J connectivity index is 4.53. The fraction of sp³-hybridized carbons (Fsp3) is 0.417. The maximum atomic E-state index is 11.4. The van der Waals surface area contributed by atoms with Crippen molar-refractivity contribution in [3.63, 3.8) is 0 Å². The van der Waals surface area contributed by atoms with E-state index in [-0.39, 0.29) is 12.2 Å². The summed E-state index contributed by atoms with van der Waals surface area (Å²) in [4.78, 5) is 11.4. The molecule has 0 amide bonds. The molecule has 0 saturated carbocycles. The molecular formula is C12H18O3. The molecule has 0 aromatic carbocycles. The van der Waals surface area contributed by atoms with Crippen LogP contribution in [-0.2, 0) is 9.53 Å². The zero-order valence-corrected chi connectivity index (χ0v) is 9.54. The summed E-state index contributed by atoms with van der Waals surface area (Å²) in [7, 11) is 0. The average Bonchev–Trinajstić information content (AvgIpc) is 2.10. The molecule has 0 aromatic heterocycles. The number of carbonyl (C=O) groups excluding carboxylic acids is 1. The number of hydrogen-bond donors (Lipinski definition) is 1. The third kappa shape index (κ3) is 5.73. The summed E-state index contributed by atoms with van der Waals surface area (Å²) >= 11 is 0. The highest BCUT2D eigenvalue weighted by Crippen LogP contribution is 2.14. The Morgan fingerprint density at radius 1 is 1.33 bits per heavy atom. The van der Waals surface area contributed by atoms with Crippen LogP contribution in [0.4, 0.5) is 0 Å². The summed E-state index contributed by atoms with van der Waals surface area (Å²) in [6.07, 6.45) is 2.68. The van der Waals surface area contributed by atoms with Crippen molar-refractivity contribution in [1.29, 1.82) is 0 Å². The number of hydrogen-bond acceptors (Lipinski definition) is 3. The summed E-state index contributed by atoms with van der Waals surface area (Å²) in [5.74, 6) is -0.443. The molecule has 0 heterocycles. The summed E-state index contributed by atoms with van der Waals surface area (Å²) in [5.41, 5.74) is -0.105. The highest BCUT2D eigenvalue weighted by atomic mass is 16.6. The van der Waals surface area contributed by atoms with Crippen LogP contribution in [0.2, 0.25) is 0 Å². The van der Waals surface area contributed by atoms with Gasteiger partial charge in [0.25, 0.3) is 0 Å². The fourth-order valence-electron chi connectivity index (χ4n) is 0.931. The molecule has 0 aliphatic carbocycles. The number of allylic oxidation sites excluding steroid dienone is 2. The van der Waals surface area contributed by atoms with Crippen molar-refractivity contribution in [3.8, 4) is 0 Å². The number of carbonyl (C=O) groups is 1. The van der Waals surface area contributed by atoms with Crippen LogP contribution in [0.25, 0.3) is 0 Å². The minimum Gasteiger partial charge on any atom is -0.508 e. The lowest BCUT2D eigenvalue weighted by Gasteiger charge is -2.19. The normalized spacial score (nSPS) is 12.7. The maximum absolute atomic E-state index is 11.4. The molecule has 0 rings (SSSR count). The van der Waals surface area contributed by atoms with Crippen LogP contribution >= 0.6 is 0 Å². The van der Waals surface area contributed by atoms with Crippen molar-refractivity contribution in [2.75, 3.05) is 0 Å². The van der Waals surface area contributed by atoms with Gasteiger partial charge in [-0.1, -0.05) is 19.2 Å². The Bertz CT molecular complexity index is 292. The molecule has 0 saturated heterocycles. The highest BCUT2D eigenvalue weighted by molar-refractivity contribution is 5.74. The Kier molecular flexibility index (Phi) is 4.85. The Morgan fingerprint density at radius 3 is 2.20 bits per heavy atom. The molecule has 1 N–H and O–H groups in total. The summed E-state index contributed by atoms with van der Waals surface area (Å²) in [5, 5.41) is 9.35. The van der Waals surface area contributed by atoms with Crippen LogP contribution in [0.5, 0.6) is 0 Å². The van der Waals surface area contributed by atoms with Gasteiger partial charge in [0.2, 0.25) is 0 Å². The molecule has 0 atom stereocenters. The van der Waals surface area contributed by atoms with E-state index in [4.69, 9.17) is 4.74 Å². The summed E-state index contributed by atoms with van der Waals surface area (Å²) in [6, 6.07) is 0. The lowest BCUT2D eigenvalue weighted by Crippen LogP contribution is -2.24. The predicted octanol–water partition coefficient (Wildman–Crippen LogP) is 2.90. The van der Waals surface area contributed by atoms with Crippen LogP contribution in [0, 0.1) is 0 Å². The lowest BCUT2D eigenvalue weighted by molar-refractivity contribution is -0.153. The molecule has 0 aliphatic rings. The van der Waals surface area contributed by atoms with Crippen molar-refractivity contribution >= 4 is 5.97 Å². The average molecular weight is 210 g/mol. The second kappa shape index (κ2) is 5.39. The third-order valence-corrected chi connectivity index (χ3v) is 1.52. The molecule has 3 heteroatoms.